The van der Waals surface area contributed by atoms with Crippen molar-refractivity contribution in [2.75, 3.05) is 33.2 Å². The van der Waals surface area contributed by atoms with E-state index in [9.17, 15) is 0 Å². The first-order valence-corrected chi connectivity index (χ1v) is 3.96. The molecule has 0 saturated carbocycles. The molecule has 0 unspecified atom stereocenters. The molecule has 0 bridgehead atoms. The zero-order chi connectivity index (χ0) is 7.40. The first-order valence-electron chi connectivity index (χ1n) is 3.96. The minimum absolute atomic E-state index is 0.701. The van der Waals surface area contributed by atoms with Crippen LogP contribution in [-0.2, 0) is 0 Å². The molecule has 0 aliphatic carbocycles. The van der Waals surface area contributed by atoms with E-state index in [2.05, 4.69) is 10.2 Å². The van der Waals surface area contributed by atoms with Crippen molar-refractivity contribution < 1.29 is 0 Å². The summed E-state index contributed by atoms with van der Waals surface area (Å²) in [7, 11) is 2.02. The minimum atomic E-state index is 0.701. The molecule has 1 aliphatic heterocycles. The lowest BCUT2D eigenvalue weighted by Crippen LogP contribution is -2.32. The molecule has 1 aliphatic rings. The molecule has 3 heteroatoms. The van der Waals surface area contributed by atoms with Crippen LogP contribution >= 0.6 is 0 Å². The molecule has 1 atom stereocenters. The number of rotatable bonds is 3. The van der Waals surface area contributed by atoms with E-state index in [1.807, 2.05) is 7.05 Å². The third kappa shape index (κ3) is 1.94. The molecule has 0 aromatic rings. The van der Waals surface area contributed by atoms with Crippen LogP contribution in [0.4, 0.5) is 0 Å². The lowest BCUT2D eigenvalue weighted by atomic mass is 10.3. The smallest absolute Gasteiger partial charge is 0.0204 e. The van der Waals surface area contributed by atoms with Crippen molar-refractivity contribution in [3.05, 3.63) is 0 Å². The van der Waals surface area contributed by atoms with Crippen molar-refractivity contribution in [1.29, 1.82) is 0 Å². The van der Waals surface area contributed by atoms with E-state index < -0.39 is 0 Å². The first kappa shape index (κ1) is 7.98. The van der Waals surface area contributed by atoms with Crippen LogP contribution in [0, 0.1) is 0 Å². The molecule has 0 radical (unpaired) electrons. The summed E-state index contributed by atoms with van der Waals surface area (Å²) in [6.07, 6.45) is 1.27. The monoisotopic (exact) mass is 143 g/mol. The molecule has 1 fully saturated rings. The fraction of sp³-hybridized carbons (Fsp3) is 1.00. The highest BCUT2D eigenvalue weighted by Gasteiger charge is 2.19. The Morgan fingerprint density at radius 3 is 3.00 bits per heavy atom. The fourth-order valence-electron chi connectivity index (χ4n) is 1.45. The van der Waals surface area contributed by atoms with Crippen LogP contribution < -0.4 is 11.1 Å². The van der Waals surface area contributed by atoms with E-state index in [0.29, 0.717) is 6.04 Å². The quantitative estimate of drug-likeness (QED) is 0.545. The summed E-state index contributed by atoms with van der Waals surface area (Å²) in [5.74, 6) is 0. The molecular weight excluding hydrogens is 126 g/mol. The summed E-state index contributed by atoms with van der Waals surface area (Å²) < 4.78 is 0. The van der Waals surface area contributed by atoms with Crippen LogP contribution in [0.1, 0.15) is 6.42 Å². The topological polar surface area (TPSA) is 41.3 Å². The average Bonchev–Trinajstić information content (AvgIpc) is 2.37. The zero-order valence-corrected chi connectivity index (χ0v) is 6.64. The average molecular weight is 143 g/mol. The van der Waals surface area contributed by atoms with E-state index >= 15 is 0 Å². The van der Waals surface area contributed by atoms with Gasteiger partial charge >= 0.3 is 0 Å². The predicted octanol–water partition coefficient (Wildman–Crippen LogP) is -0.761. The molecule has 0 amide bonds. The summed E-state index contributed by atoms with van der Waals surface area (Å²) >= 11 is 0. The summed E-state index contributed by atoms with van der Waals surface area (Å²) in [6.45, 7) is 4.23. The van der Waals surface area contributed by atoms with Gasteiger partial charge in [-0.2, -0.15) is 0 Å². The second-order valence-electron chi connectivity index (χ2n) is 2.86. The third-order valence-electron chi connectivity index (χ3n) is 2.13. The van der Waals surface area contributed by atoms with Crippen LogP contribution in [0.15, 0.2) is 0 Å². The van der Waals surface area contributed by atoms with E-state index in [4.69, 9.17) is 5.73 Å². The highest BCUT2D eigenvalue weighted by Crippen LogP contribution is 2.06. The van der Waals surface area contributed by atoms with Gasteiger partial charge in [0.05, 0.1) is 0 Å². The number of likely N-dealkylation sites (tertiary alicyclic amines) is 1. The third-order valence-corrected chi connectivity index (χ3v) is 2.13. The lowest BCUT2D eigenvalue weighted by Gasteiger charge is -2.13. The Morgan fingerprint density at radius 1 is 1.70 bits per heavy atom. The SMILES string of the molecule is CN[C@H]1CCN(CCN)C1. The molecule has 10 heavy (non-hydrogen) atoms. The van der Waals surface area contributed by atoms with Gasteiger partial charge in [-0.25, -0.2) is 0 Å². The van der Waals surface area contributed by atoms with Crippen molar-refractivity contribution in [2.24, 2.45) is 5.73 Å². The molecule has 1 saturated heterocycles. The van der Waals surface area contributed by atoms with Crippen molar-refractivity contribution in [3.63, 3.8) is 0 Å². The summed E-state index contributed by atoms with van der Waals surface area (Å²) in [4.78, 5) is 2.40. The van der Waals surface area contributed by atoms with Crippen LogP contribution in [0.3, 0.4) is 0 Å². The molecular formula is C7H17N3. The second-order valence-corrected chi connectivity index (χ2v) is 2.86. The van der Waals surface area contributed by atoms with E-state index in [1.165, 1.54) is 19.5 Å². The minimum Gasteiger partial charge on any atom is -0.329 e. The van der Waals surface area contributed by atoms with Gasteiger partial charge in [0.25, 0.3) is 0 Å². The predicted molar refractivity (Wildman–Crippen MR) is 43.0 cm³/mol. The maximum Gasteiger partial charge on any atom is 0.0204 e. The van der Waals surface area contributed by atoms with Gasteiger partial charge in [0.15, 0.2) is 0 Å². The number of nitrogens with zero attached hydrogens (tertiary/aromatic N) is 1. The molecule has 0 aromatic heterocycles. The Kier molecular flexibility index (Phi) is 3.12. The van der Waals surface area contributed by atoms with Crippen LogP contribution in [-0.4, -0.2) is 44.2 Å². The fourth-order valence-corrected chi connectivity index (χ4v) is 1.45. The Bertz CT molecular complexity index is 94.9. The maximum absolute atomic E-state index is 5.43. The Morgan fingerprint density at radius 2 is 2.50 bits per heavy atom. The largest absolute Gasteiger partial charge is 0.329 e. The molecule has 1 heterocycles. The van der Waals surface area contributed by atoms with Gasteiger partial charge in [-0.15, -0.1) is 0 Å². The number of likely N-dealkylation sites (N-methyl/N-ethyl adjacent to an activating group) is 1. The van der Waals surface area contributed by atoms with Gasteiger partial charge < -0.3 is 16.0 Å². The second kappa shape index (κ2) is 3.91. The Labute approximate surface area is 62.6 Å². The van der Waals surface area contributed by atoms with E-state index in [1.54, 1.807) is 0 Å². The molecule has 0 spiro atoms. The van der Waals surface area contributed by atoms with E-state index in [-0.39, 0.29) is 0 Å². The van der Waals surface area contributed by atoms with Crippen LogP contribution in [0.25, 0.3) is 0 Å². The molecule has 0 aromatic carbocycles. The van der Waals surface area contributed by atoms with Gasteiger partial charge in [-0.05, 0) is 20.0 Å². The summed E-state index contributed by atoms with van der Waals surface area (Å²) in [5, 5.41) is 3.27. The number of hydrogen-bond acceptors (Lipinski definition) is 3. The first-order chi connectivity index (χ1) is 4.86. The number of hydrogen-bond donors (Lipinski definition) is 2. The van der Waals surface area contributed by atoms with Crippen molar-refractivity contribution >= 4 is 0 Å². The van der Waals surface area contributed by atoms with Gasteiger partial charge in [0, 0.05) is 25.7 Å². The number of nitrogens with one attached hydrogen (secondary N) is 1. The van der Waals surface area contributed by atoms with Crippen molar-refractivity contribution in [3.8, 4) is 0 Å². The zero-order valence-electron chi connectivity index (χ0n) is 6.64. The molecule has 3 N–H and O–H groups in total. The standard InChI is InChI=1S/C7H17N3/c1-9-7-2-4-10(6-7)5-3-8/h7,9H,2-6,8H2,1H3/t7-/m0/s1. The highest BCUT2D eigenvalue weighted by atomic mass is 15.2. The van der Waals surface area contributed by atoms with Gasteiger partial charge in [0.1, 0.15) is 0 Å². The molecule has 60 valence electrons. The highest BCUT2D eigenvalue weighted by molar-refractivity contribution is 4.79. The van der Waals surface area contributed by atoms with Gasteiger partial charge in [-0.3, -0.25) is 0 Å². The molecule has 1 rings (SSSR count). The van der Waals surface area contributed by atoms with Crippen LogP contribution in [0.5, 0.6) is 0 Å². The van der Waals surface area contributed by atoms with Crippen molar-refractivity contribution in [2.45, 2.75) is 12.5 Å². The van der Waals surface area contributed by atoms with Crippen molar-refractivity contribution in [1.82, 2.24) is 10.2 Å². The van der Waals surface area contributed by atoms with E-state index in [0.717, 1.165) is 13.1 Å². The van der Waals surface area contributed by atoms with Gasteiger partial charge in [0.2, 0.25) is 0 Å². The Balaban J connectivity index is 2.15. The van der Waals surface area contributed by atoms with Gasteiger partial charge in [-0.1, -0.05) is 0 Å². The number of nitrogens with two attached hydrogens (primary N) is 1. The Hall–Kier alpha value is -0.120. The lowest BCUT2D eigenvalue weighted by molar-refractivity contribution is 0.339. The normalized spacial score (nSPS) is 27.6. The van der Waals surface area contributed by atoms with Crippen LogP contribution in [0.2, 0.25) is 0 Å². The summed E-state index contributed by atoms with van der Waals surface area (Å²) in [6, 6.07) is 0.701. The maximum atomic E-state index is 5.43. The summed E-state index contributed by atoms with van der Waals surface area (Å²) in [5.41, 5.74) is 5.43. The molecule has 3 nitrogen and oxygen atoms in total.